The van der Waals surface area contributed by atoms with Crippen LogP contribution in [0.1, 0.15) is 25.5 Å². The molecule has 1 aromatic heterocycles. The largest absolute Gasteiger partial charge is 1.00 e. The van der Waals surface area contributed by atoms with Gasteiger partial charge in [-0.05, 0) is 6.92 Å². The van der Waals surface area contributed by atoms with E-state index in [4.69, 9.17) is 0 Å². The van der Waals surface area contributed by atoms with Gasteiger partial charge in [-0.25, -0.2) is 0 Å². The van der Waals surface area contributed by atoms with Gasteiger partial charge in [0.05, 0.1) is 0 Å². The first-order valence-corrected chi connectivity index (χ1v) is 4.40. The quantitative estimate of drug-likeness (QED) is 0.565. The number of fused-ring (bicyclic) bond motifs is 1. The topological polar surface area (TPSA) is 44.8 Å². The van der Waals surface area contributed by atoms with Crippen LogP contribution in [-0.4, -0.2) is 21.3 Å². The zero-order valence-electron chi connectivity index (χ0n) is 8.91. The van der Waals surface area contributed by atoms with Crippen LogP contribution in [0, 0.1) is 6.92 Å². The molecule has 0 spiro atoms. The van der Waals surface area contributed by atoms with Crippen LogP contribution in [-0.2, 0) is 13.1 Å². The molecule has 1 aliphatic heterocycles. The minimum Gasteiger partial charge on any atom is -0.654 e. The van der Waals surface area contributed by atoms with Crippen molar-refractivity contribution >= 4 is 0 Å². The van der Waals surface area contributed by atoms with Gasteiger partial charge in [0, 0.05) is 6.54 Å². The van der Waals surface area contributed by atoms with E-state index in [9.17, 15) is 0 Å². The molecule has 0 bridgehead atoms. The van der Waals surface area contributed by atoms with Crippen molar-refractivity contribution in [1.29, 1.82) is 0 Å². The molecule has 0 saturated heterocycles. The molecule has 5 heteroatoms. The summed E-state index contributed by atoms with van der Waals surface area (Å²) in [4.78, 5) is 0. The van der Waals surface area contributed by atoms with E-state index in [1.165, 1.54) is 0 Å². The second-order valence-electron chi connectivity index (χ2n) is 2.42. The van der Waals surface area contributed by atoms with E-state index >= 15 is 0 Å². The van der Waals surface area contributed by atoms with Gasteiger partial charge in [-0.15, -0.1) is 16.7 Å². The van der Waals surface area contributed by atoms with E-state index in [1.807, 2.05) is 20.8 Å². The van der Waals surface area contributed by atoms with Gasteiger partial charge in [0.2, 0.25) is 0 Å². The van der Waals surface area contributed by atoms with E-state index in [1.54, 1.807) is 0 Å². The zero-order valence-corrected chi connectivity index (χ0v) is 13.8. The molecule has 0 aromatic carbocycles. The molecule has 0 radical (unpaired) electrons. The maximum Gasteiger partial charge on any atom is 1.00 e. The average molecular weight is 253 g/mol. The van der Waals surface area contributed by atoms with E-state index < -0.39 is 0 Å². The molecule has 68 valence electrons. The molecule has 2 rings (SSSR count). The molecular weight excluding hydrogens is 238 g/mol. The van der Waals surface area contributed by atoms with Gasteiger partial charge in [-0.2, -0.15) is 0 Å². The summed E-state index contributed by atoms with van der Waals surface area (Å²) in [7, 11) is 0. The second kappa shape index (κ2) is 7.23. The number of rotatable bonds is 0. The molecule has 4 nitrogen and oxygen atoms in total. The smallest absolute Gasteiger partial charge is 0.654 e. The molecule has 1 aromatic rings. The summed E-state index contributed by atoms with van der Waals surface area (Å²) < 4.78 is 2.12. The Kier molecular flexibility index (Phi) is 7.73. The van der Waals surface area contributed by atoms with Crippen molar-refractivity contribution in [3.63, 3.8) is 0 Å². The normalized spacial score (nSPS) is 13.5. The third-order valence-corrected chi connectivity index (χ3v) is 1.75. The Morgan fingerprint density at radius 2 is 2.00 bits per heavy atom. The third-order valence-electron chi connectivity index (χ3n) is 1.75. The predicted octanol–water partition coefficient (Wildman–Crippen LogP) is -1.50. The molecule has 0 fully saturated rings. The van der Waals surface area contributed by atoms with Gasteiger partial charge in [-0.3, -0.25) is 0 Å². The fourth-order valence-corrected chi connectivity index (χ4v) is 1.18. The molecule has 0 unspecified atom stereocenters. The van der Waals surface area contributed by atoms with E-state index in [2.05, 4.69) is 20.1 Å². The van der Waals surface area contributed by atoms with Crippen LogP contribution in [0.5, 0.6) is 0 Å². The Morgan fingerprint density at radius 1 is 1.31 bits per heavy atom. The maximum atomic E-state index is 4.21. The summed E-state index contributed by atoms with van der Waals surface area (Å²) in [6.07, 6.45) is 0. The van der Waals surface area contributed by atoms with Crippen LogP contribution in [0.2, 0.25) is 0 Å². The molecule has 0 atom stereocenters. The Morgan fingerprint density at radius 3 is 2.62 bits per heavy atom. The van der Waals surface area contributed by atoms with E-state index in [0.717, 1.165) is 31.3 Å². The molecule has 13 heavy (non-hydrogen) atoms. The van der Waals surface area contributed by atoms with Crippen LogP contribution in [0.25, 0.3) is 5.32 Å². The first kappa shape index (κ1) is 13.9. The van der Waals surface area contributed by atoms with Crippen molar-refractivity contribution in [1.82, 2.24) is 14.8 Å². The number of aromatic nitrogens is 3. The van der Waals surface area contributed by atoms with Crippen molar-refractivity contribution in [2.75, 3.05) is 6.54 Å². The average Bonchev–Trinajstić information content (AvgIpc) is 2.53. The second-order valence-corrected chi connectivity index (χ2v) is 2.42. The molecule has 0 saturated carbocycles. The third kappa shape index (κ3) is 3.51. The van der Waals surface area contributed by atoms with Crippen LogP contribution < -0.4 is 58.2 Å². The van der Waals surface area contributed by atoms with Crippen molar-refractivity contribution in [2.24, 2.45) is 0 Å². The van der Waals surface area contributed by atoms with Crippen molar-refractivity contribution in [3.05, 3.63) is 17.0 Å². The van der Waals surface area contributed by atoms with Crippen molar-refractivity contribution in [2.45, 2.75) is 33.9 Å². The fourth-order valence-electron chi connectivity index (χ4n) is 1.18. The minimum atomic E-state index is 0. The summed E-state index contributed by atoms with van der Waals surface area (Å²) in [5.41, 5.74) is 0. The summed E-state index contributed by atoms with van der Waals surface area (Å²) in [5.74, 6) is 2.01. The first-order chi connectivity index (χ1) is 5.88. The van der Waals surface area contributed by atoms with Crippen LogP contribution in [0.15, 0.2) is 0 Å². The molecule has 0 aliphatic carbocycles. The van der Waals surface area contributed by atoms with Crippen molar-refractivity contribution in [3.8, 4) is 0 Å². The van der Waals surface area contributed by atoms with Gasteiger partial charge in [-0.1, -0.05) is 20.4 Å². The van der Waals surface area contributed by atoms with Gasteiger partial charge >= 0.3 is 58.2 Å². The SMILES string of the molecule is CC.Cc1nnc2n1CC[N-]C2.[Rb+]. The Bertz CT molecular complexity index is 246. The summed E-state index contributed by atoms with van der Waals surface area (Å²) >= 11 is 0. The van der Waals surface area contributed by atoms with Crippen LogP contribution in [0.4, 0.5) is 0 Å². The standard InChI is InChI=1S/C6H9N4.C2H6.Rb/c1-5-8-9-6-4-7-2-3-10(5)6;1-2;/h2-4H2,1H3;1-2H3;/q-1;;+1. The van der Waals surface area contributed by atoms with Gasteiger partial charge in [0.1, 0.15) is 11.6 Å². The van der Waals surface area contributed by atoms with Gasteiger partial charge in [0.25, 0.3) is 0 Å². The number of nitrogens with zero attached hydrogens (tertiary/aromatic N) is 4. The Balaban J connectivity index is 0.000000451. The predicted molar refractivity (Wildman–Crippen MR) is 48.0 cm³/mol. The van der Waals surface area contributed by atoms with Crippen LogP contribution >= 0.6 is 0 Å². The Hall–Kier alpha value is 0.905. The van der Waals surface area contributed by atoms with Crippen molar-refractivity contribution < 1.29 is 58.2 Å². The summed E-state index contributed by atoms with van der Waals surface area (Å²) in [6, 6.07) is 0. The molecule has 0 N–H and O–H groups in total. The van der Waals surface area contributed by atoms with E-state index in [-0.39, 0.29) is 58.2 Å². The zero-order chi connectivity index (χ0) is 8.97. The maximum absolute atomic E-state index is 4.21. The molecule has 2 heterocycles. The van der Waals surface area contributed by atoms with Gasteiger partial charge in [0.15, 0.2) is 0 Å². The number of hydrogen-bond acceptors (Lipinski definition) is 2. The molecule has 1 aliphatic rings. The molecule has 0 amide bonds. The summed E-state index contributed by atoms with van der Waals surface area (Å²) in [5, 5.41) is 12.1. The molecular formula is C8H15N4Rb. The number of hydrogen-bond donors (Lipinski definition) is 0. The van der Waals surface area contributed by atoms with E-state index in [0.29, 0.717) is 0 Å². The first-order valence-electron chi connectivity index (χ1n) is 4.40. The van der Waals surface area contributed by atoms with Crippen LogP contribution in [0.3, 0.4) is 0 Å². The fraction of sp³-hybridized carbons (Fsp3) is 0.750. The minimum absolute atomic E-state index is 0. The monoisotopic (exact) mass is 252 g/mol. The van der Waals surface area contributed by atoms with Gasteiger partial charge < -0.3 is 9.88 Å². The number of aryl methyl sites for hydroxylation is 1. The summed E-state index contributed by atoms with van der Waals surface area (Å²) in [6.45, 7) is 8.57. The Labute approximate surface area is 128 Å².